The van der Waals surface area contributed by atoms with E-state index in [0.29, 0.717) is 12.8 Å². The van der Waals surface area contributed by atoms with Crippen LogP contribution in [-0.2, 0) is 14.3 Å². The summed E-state index contributed by atoms with van der Waals surface area (Å²) in [5.41, 5.74) is -0.574. The third-order valence-corrected chi connectivity index (χ3v) is 3.25. The van der Waals surface area contributed by atoms with Gasteiger partial charge in [-0.05, 0) is 33.6 Å². The summed E-state index contributed by atoms with van der Waals surface area (Å²) < 4.78 is 5.41. The first-order valence-corrected chi connectivity index (χ1v) is 7.68. The summed E-state index contributed by atoms with van der Waals surface area (Å²) >= 11 is 0. The minimum absolute atomic E-state index is 0.366. The number of hydrogen-bond donors (Lipinski definition) is 1. The fourth-order valence-electron chi connectivity index (χ4n) is 2.21. The lowest BCUT2D eigenvalue weighted by Crippen LogP contribution is -2.35. The van der Waals surface area contributed by atoms with Crippen molar-refractivity contribution in [2.45, 2.75) is 78.7 Å². The second kappa shape index (κ2) is 8.98. The SMILES string of the molecule is CCCCC(C(=O)O)C(CCCC)C(=O)OC(C)(C)C. The van der Waals surface area contributed by atoms with Crippen molar-refractivity contribution in [1.29, 1.82) is 0 Å². The van der Waals surface area contributed by atoms with Crippen LogP contribution in [0, 0.1) is 11.8 Å². The minimum Gasteiger partial charge on any atom is -0.481 e. The van der Waals surface area contributed by atoms with E-state index in [2.05, 4.69) is 0 Å². The molecule has 0 amide bonds. The summed E-state index contributed by atoms with van der Waals surface area (Å²) in [7, 11) is 0. The van der Waals surface area contributed by atoms with E-state index in [1.165, 1.54) is 0 Å². The molecule has 0 aromatic carbocycles. The van der Waals surface area contributed by atoms with Crippen LogP contribution in [0.3, 0.4) is 0 Å². The Bertz CT molecular complexity index is 304. The van der Waals surface area contributed by atoms with E-state index in [4.69, 9.17) is 4.74 Å². The Balaban J connectivity index is 4.97. The van der Waals surface area contributed by atoms with Gasteiger partial charge in [-0.3, -0.25) is 9.59 Å². The maximum atomic E-state index is 12.3. The molecule has 0 spiro atoms. The van der Waals surface area contributed by atoms with Gasteiger partial charge in [-0.15, -0.1) is 0 Å². The molecule has 0 saturated heterocycles. The minimum atomic E-state index is -0.884. The van der Waals surface area contributed by atoms with Crippen molar-refractivity contribution in [2.24, 2.45) is 11.8 Å². The van der Waals surface area contributed by atoms with Gasteiger partial charge in [-0.25, -0.2) is 0 Å². The Morgan fingerprint density at radius 1 is 1.00 bits per heavy atom. The largest absolute Gasteiger partial charge is 0.481 e. The predicted molar refractivity (Wildman–Crippen MR) is 79.5 cm³/mol. The van der Waals surface area contributed by atoms with Gasteiger partial charge in [0.05, 0.1) is 11.8 Å². The van der Waals surface area contributed by atoms with Gasteiger partial charge < -0.3 is 9.84 Å². The first kappa shape index (κ1) is 18.9. The van der Waals surface area contributed by atoms with Crippen molar-refractivity contribution in [3.05, 3.63) is 0 Å². The highest BCUT2D eigenvalue weighted by molar-refractivity contribution is 5.81. The van der Waals surface area contributed by atoms with E-state index in [0.717, 1.165) is 25.7 Å². The molecule has 0 radical (unpaired) electrons. The Morgan fingerprint density at radius 2 is 1.45 bits per heavy atom. The predicted octanol–water partition coefficient (Wildman–Crippen LogP) is 4.03. The molecule has 0 heterocycles. The number of unbranched alkanes of at least 4 members (excludes halogenated alkanes) is 2. The third kappa shape index (κ3) is 7.51. The number of carboxylic acid groups (broad SMARTS) is 1. The van der Waals surface area contributed by atoms with E-state index in [1.54, 1.807) is 0 Å². The molecule has 0 rings (SSSR count). The molecule has 0 aliphatic heterocycles. The molecule has 1 N–H and O–H groups in total. The van der Waals surface area contributed by atoms with Crippen molar-refractivity contribution in [3.8, 4) is 0 Å². The van der Waals surface area contributed by atoms with E-state index < -0.39 is 23.4 Å². The van der Waals surface area contributed by atoms with E-state index in [9.17, 15) is 14.7 Å². The smallest absolute Gasteiger partial charge is 0.310 e. The summed E-state index contributed by atoms with van der Waals surface area (Å²) in [6.45, 7) is 9.48. The summed E-state index contributed by atoms with van der Waals surface area (Å²) in [4.78, 5) is 23.8. The molecule has 0 saturated carbocycles. The van der Waals surface area contributed by atoms with Crippen molar-refractivity contribution < 1.29 is 19.4 Å². The third-order valence-electron chi connectivity index (χ3n) is 3.25. The number of esters is 1. The first-order valence-electron chi connectivity index (χ1n) is 7.68. The zero-order chi connectivity index (χ0) is 15.8. The number of hydrogen-bond acceptors (Lipinski definition) is 3. The van der Waals surface area contributed by atoms with Gasteiger partial charge in [0, 0.05) is 0 Å². The average Bonchev–Trinajstić information content (AvgIpc) is 2.30. The number of rotatable bonds is 9. The first-order chi connectivity index (χ1) is 9.22. The molecule has 20 heavy (non-hydrogen) atoms. The summed E-state index contributed by atoms with van der Waals surface area (Å²) in [5.74, 6) is -2.41. The van der Waals surface area contributed by atoms with Gasteiger partial charge in [0.25, 0.3) is 0 Å². The number of aliphatic carboxylic acids is 1. The molecule has 0 aromatic heterocycles. The van der Waals surface area contributed by atoms with Gasteiger partial charge in [0.1, 0.15) is 5.60 Å². The maximum absolute atomic E-state index is 12.3. The molecular formula is C16H30O4. The fraction of sp³-hybridized carbons (Fsp3) is 0.875. The van der Waals surface area contributed by atoms with E-state index in [1.807, 2.05) is 34.6 Å². The van der Waals surface area contributed by atoms with Crippen LogP contribution in [0.25, 0.3) is 0 Å². The summed E-state index contributed by atoms with van der Waals surface area (Å²) in [6.07, 6.45) is 4.67. The Morgan fingerprint density at radius 3 is 1.80 bits per heavy atom. The van der Waals surface area contributed by atoms with Crippen LogP contribution < -0.4 is 0 Å². The Labute approximate surface area is 122 Å². The molecule has 0 aliphatic carbocycles. The molecule has 4 nitrogen and oxygen atoms in total. The van der Waals surface area contributed by atoms with Gasteiger partial charge in [-0.1, -0.05) is 39.5 Å². The van der Waals surface area contributed by atoms with Crippen LogP contribution >= 0.6 is 0 Å². The number of carbonyl (C=O) groups is 2. The lowest BCUT2D eigenvalue weighted by atomic mass is 9.84. The van der Waals surface area contributed by atoms with Crippen LogP contribution in [0.2, 0.25) is 0 Å². The van der Waals surface area contributed by atoms with Crippen molar-refractivity contribution in [2.75, 3.05) is 0 Å². The van der Waals surface area contributed by atoms with Crippen LogP contribution in [0.4, 0.5) is 0 Å². The van der Waals surface area contributed by atoms with Gasteiger partial charge in [0.15, 0.2) is 0 Å². The van der Waals surface area contributed by atoms with Gasteiger partial charge >= 0.3 is 11.9 Å². The molecule has 2 unspecified atom stereocenters. The molecule has 0 aromatic rings. The zero-order valence-electron chi connectivity index (χ0n) is 13.6. The second-order valence-electron chi connectivity index (χ2n) is 6.37. The molecule has 4 heteroatoms. The molecule has 0 aliphatic rings. The standard InChI is InChI=1S/C16H30O4/c1-6-8-10-12(14(17)18)13(11-9-7-2)15(19)20-16(3,4)5/h12-13H,6-11H2,1-5H3,(H,17,18). The van der Waals surface area contributed by atoms with Gasteiger partial charge in [-0.2, -0.15) is 0 Å². The summed E-state index contributed by atoms with van der Waals surface area (Å²) in [6, 6.07) is 0. The highest BCUT2D eigenvalue weighted by Crippen LogP contribution is 2.27. The average molecular weight is 286 g/mol. The lowest BCUT2D eigenvalue weighted by molar-refractivity contribution is -0.167. The Kier molecular flexibility index (Phi) is 8.51. The van der Waals surface area contributed by atoms with Crippen molar-refractivity contribution in [3.63, 3.8) is 0 Å². The zero-order valence-corrected chi connectivity index (χ0v) is 13.6. The molecular weight excluding hydrogens is 256 g/mol. The maximum Gasteiger partial charge on any atom is 0.310 e. The van der Waals surface area contributed by atoms with Crippen LogP contribution in [0.5, 0.6) is 0 Å². The lowest BCUT2D eigenvalue weighted by Gasteiger charge is -2.27. The number of carbonyl (C=O) groups excluding carboxylic acids is 1. The molecule has 0 fully saturated rings. The summed E-state index contributed by atoms with van der Waals surface area (Å²) in [5, 5.41) is 9.41. The molecule has 118 valence electrons. The van der Waals surface area contributed by atoms with Crippen molar-refractivity contribution >= 4 is 11.9 Å². The van der Waals surface area contributed by atoms with Crippen LogP contribution in [0.15, 0.2) is 0 Å². The normalized spacial score (nSPS) is 14.7. The monoisotopic (exact) mass is 286 g/mol. The Hall–Kier alpha value is -1.06. The highest BCUT2D eigenvalue weighted by atomic mass is 16.6. The quantitative estimate of drug-likeness (QED) is 0.650. The molecule has 0 bridgehead atoms. The molecule has 2 atom stereocenters. The van der Waals surface area contributed by atoms with Gasteiger partial charge in [0.2, 0.25) is 0 Å². The topological polar surface area (TPSA) is 63.6 Å². The fourth-order valence-corrected chi connectivity index (χ4v) is 2.21. The van der Waals surface area contributed by atoms with E-state index in [-0.39, 0.29) is 5.97 Å². The van der Waals surface area contributed by atoms with E-state index >= 15 is 0 Å². The van der Waals surface area contributed by atoms with Crippen LogP contribution in [-0.4, -0.2) is 22.6 Å². The van der Waals surface area contributed by atoms with Crippen LogP contribution in [0.1, 0.15) is 73.1 Å². The van der Waals surface area contributed by atoms with Crippen molar-refractivity contribution in [1.82, 2.24) is 0 Å². The number of carboxylic acids is 1. The number of ether oxygens (including phenoxy) is 1. The second-order valence-corrected chi connectivity index (χ2v) is 6.37. The highest BCUT2D eigenvalue weighted by Gasteiger charge is 2.35.